The lowest BCUT2D eigenvalue weighted by Crippen LogP contribution is -2.30. The van der Waals surface area contributed by atoms with Crippen LogP contribution in [0.25, 0.3) is 0 Å². The number of alkyl halides is 2. The van der Waals surface area contributed by atoms with Gasteiger partial charge in [0.2, 0.25) is 0 Å². The van der Waals surface area contributed by atoms with Crippen molar-refractivity contribution in [3.05, 3.63) is 29.6 Å². The number of halogens is 5. The molecule has 1 aromatic rings. The van der Waals surface area contributed by atoms with E-state index in [0.717, 1.165) is 55.3 Å². The zero-order chi connectivity index (χ0) is 27.1. The maximum atomic E-state index is 14.3. The molecule has 216 valence electrons. The van der Waals surface area contributed by atoms with Gasteiger partial charge in [-0.15, -0.1) is 0 Å². The minimum Gasteiger partial charge on any atom is -0.432 e. The summed E-state index contributed by atoms with van der Waals surface area (Å²) in [7, 11) is 0. The van der Waals surface area contributed by atoms with E-state index in [2.05, 4.69) is 11.7 Å². The van der Waals surface area contributed by atoms with Crippen molar-refractivity contribution in [2.24, 2.45) is 35.5 Å². The van der Waals surface area contributed by atoms with Gasteiger partial charge in [0.1, 0.15) is 5.75 Å². The molecule has 0 spiro atoms. The Balaban J connectivity index is 1.12. The number of benzene rings is 1. The van der Waals surface area contributed by atoms with Crippen LogP contribution in [0.5, 0.6) is 5.75 Å². The fourth-order valence-electron chi connectivity index (χ4n) is 7.85. The Morgan fingerprint density at radius 3 is 1.53 bits per heavy atom. The Morgan fingerprint density at radius 1 is 0.658 bits per heavy atom. The molecule has 4 rings (SSSR count). The predicted octanol–water partition coefficient (Wildman–Crippen LogP) is 10.9. The van der Waals surface area contributed by atoms with E-state index in [1.807, 2.05) is 0 Å². The van der Waals surface area contributed by atoms with Crippen LogP contribution in [-0.4, -0.2) is 6.11 Å². The normalized spacial score (nSPS) is 30.8. The molecule has 3 aliphatic rings. The van der Waals surface area contributed by atoms with Crippen LogP contribution in [0.4, 0.5) is 22.0 Å². The zero-order valence-electron chi connectivity index (χ0n) is 23.1. The highest BCUT2D eigenvalue weighted by Gasteiger charge is 2.37. The number of ether oxygens (including phenoxy) is 1. The van der Waals surface area contributed by atoms with Gasteiger partial charge in [0.25, 0.3) is 0 Å². The lowest BCUT2D eigenvalue weighted by Gasteiger charge is -2.41. The highest BCUT2D eigenvalue weighted by Crippen LogP contribution is 2.47. The topological polar surface area (TPSA) is 9.23 Å². The highest BCUT2D eigenvalue weighted by atomic mass is 19.3. The van der Waals surface area contributed by atoms with Gasteiger partial charge in [0, 0.05) is 12.1 Å². The summed E-state index contributed by atoms with van der Waals surface area (Å²) in [4.78, 5) is 0. The van der Waals surface area contributed by atoms with Crippen LogP contribution in [-0.2, 0) is 0 Å². The maximum Gasteiger partial charge on any atom is 0.397 e. The lowest BCUT2D eigenvalue weighted by atomic mass is 9.64. The van der Waals surface area contributed by atoms with E-state index in [9.17, 15) is 22.0 Å². The van der Waals surface area contributed by atoms with E-state index in [1.165, 1.54) is 77.0 Å². The van der Waals surface area contributed by atoms with Gasteiger partial charge in [-0.25, -0.2) is 13.2 Å². The molecule has 0 aliphatic heterocycles. The average molecular weight is 543 g/mol. The standard InChI is InChI=1S/C32H47F5O/c1-2-3-4-5-22-6-10-24(11-7-22)26-14-16-27(17-15-26)25-12-8-23(9-13-25)18-19-32(36,37)38-28-20-29(33)31(35)30(34)21-28/h20-27H,2-19H2,1H3. The SMILES string of the molecule is CCCCCC1CCC(C2CCC(C3CCC(CCC(F)(F)Oc4cc(F)c(F)c(F)c4)CC3)CC2)CC1. The summed E-state index contributed by atoms with van der Waals surface area (Å²) in [5.41, 5.74) is 0. The van der Waals surface area contributed by atoms with E-state index in [0.29, 0.717) is 18.6 Å². The van der Waals surface area contributed by atoms with Crippen molar-refractivity contribution >= 4 is 0 Å². The molecule has 3 aliphatic carbocycles. The Hall–Kier alpha value is -1.33. The first-order chi connectivity index (χ1) is 18.2. The smallest absolute Gasteiger partial charge is 0.397 e. The summed E-state index contributed by atoms with van der Waals surface area (Å²) < 4.78 is 72.9. The summed E-state index contributed by atoms with van der Waals surface area (Å²) in [6, 6.07) is 0.928. The van der Waals surface area contributed by atoms with Crippen molar-refractivity contribution < 1.29 is 26.7 Å². The van der Waals surface area contributed by atoms with E-state index >= 15 is 0 Å². The van der Waals surface area contributed by atoms with Crippen LogP contribution in [0.15, 0.2) is 12.1 Å². The van der Waals surface area contributed by atoms with Gasteiger partial charge in [0.15, 0.2) is 17.5 Å². The maximum absolute atomic E-state index is 14.3. The summed E-state index contributed by atoms with van der Waals surface area (Å²) in [6.45, 7) is 2.28. The number of rotatable bonds is 11. The minimum atomic E-state index is -3.54. The van der Waals surface area contributed by atoms with Crippen LogP contribution in [0.3, 0.4) is 0 Å². The molecule has 3 saturated carbocycles. The molecule has 0 unspecified atom stereocenters. The average Bonchev–Trinajstić information content (AvgIpc) is 2.91. The van der Waals surface area contributed by atoms with Crippen LogP contribution in [0.2, 0.25) is 0 Å². The fraction of sp³-hybridized carbons (Fsp3) is 0.812. The molecule has 0 bridgehead atoms. The summed E-state index contributed by atoms with van der Waals surface area (Å²) in [6.07, 6.45) is 17.2. The molecule has 6 heteroatoms. The molecule has 1 aromatic carbocycles. The van der Waals surface area contributed by atoms with Crippen LogP contribution < -0.4 is 4.74 Å². The van der Waals surface area contributed by atoms with Gasteiger partial charge in [-0.3, -0.25) is 0 Å². The Labute approximate surface area is 226 Å². The monoisotopic (exact) mass is 542 g/mol. The fourth-order valence-corrected chi connectivity index (χ4v) is 7.85. The molecule has 0 N–H and O–H groups in total. The third kappa shape index (κ3) is 8.34. The zero-order valence-corrected chi connectivity index (χ0v) is 23.1. The van der Waals surface area contributed by atoms with Gasteiger partial charge >= 0.3 is 6.11 Å². The molecule has 1 nitrogen and oxygen atoms in total. The Morgan fingerprint density at radius 2 is 1.08 bits per heavy atom. The molecule has 0 saturated heterocycles. The molecule has 3 fully saturated rings. The lowest BCUT2D eigenvalue weighted by molar-refractivity contribution is -0.183. The number of hydrogen-bond acceptors (Lipinski definition) is 1. The largest absolute Gasteiger partial charge is 0.432 e. The predicted molar refractivity (Wildman–Crippen MR) is 142 cm³/mol. The first-order valence-corrected chi connectivity index (χ1v) is 15.5. The van der Waals surface area contributed by atoms with Crippen molar-refractivity contribution in [3.8, 4) is 5.75 Å². The van der Waals surface area contributed by atoms with E-state index in [1.54, 1.807) is 0 Å². The van der Waals surface area contributed by atoms with Crippen molar-refractivity contribution in [3.63, 3.8) is 0 Å². The van der Waals surface area contributed by atoms with Crippen molar-refractivity contribution in [1.82, 2.24) is 0 Å². The van der Waals surface area contributed by atoms with E-state index < -0.39 is 35.7 Å². The van der Waals surface area contributed by atoms with Crippen LogP contribution in [0.1, 0.15) is 122 Å². The van der Waals surface area contributed by atoms with Crippen molar-refractivity contribution in [2.75, 3.05) is 0 Å². The molecular formula is C32H47F5O. The molecular weight excluding hydrogens is 495 g/mol. The second kappa shape index (κ2) is 13.8. The van der Waals surface area contributed by atoms with Gasteiger partial charge in [-0.05, 0) is 93.3 Å². The van der Waals surface area contributed by atoms with Gasteiger partial charge in [-0.2, -0.15) is 8.78 Å². The minimum absolute atomic E-state index is 0.228. The summed E-state index contributed by atoms with van der Waals surface area (Å²) >= 11 is 0. The van der Waals surface area contributed by atoms with Crippen LogP contribution in [0, 0.1) is 53.0 Å². The van der Waals surface area contributed by atoms with Crippen LogP contribution >= 0.6 is 0 Å². The molecule has 38 heavy (non-hydrogen) atoms. The quantitative estimate of drug-likeness (QED) is 0.153. The highest BCUT2D eigenvalue weighted by molar-refractivity contribution is 5.25. The molecule has 0 amide bonds. The Kier molecular flexibility index (Phi) is 10.8. The van der Waals surface area contributed by atoms with Crippen molar-refractivity contribution in [2.45, 2.75) is 129 Å². The third-order valence-electron chi connectivity index (χ3n) is 10.2. The van der Waals surface area contributed by atoms with E-state index in [-0.39, 0.29) is 5.92 Å². The number of unbranched alkanes of at least 4 members (excludes halogenated alkanes) is 2. The third-order valence-corrected chi connectivity index (χ3v) is 10.2. The van der Waals surface area contributed by atoms with Gasteiger partial charge in [0.05, 0.1) is 6.42 Å². The Bertz CT molecular complexity index is 826. The van der Waals surface area contributed by atoms with Gasteiger partial charge < -0.3 is 4.74 Å². The molecule has 0 radical (unpaired) electrons. The van der Waals surface area contributed by atoms with Gasteiger partial charge in [-0.1, -0.05) is 58.3 Å². The summed E-state index contributed by atoms with van der Waals surface area (Å²) in [5.74, 6) is -0.853. The summed E-state index contributed by atoms with van der Waals surface area (Å²) in [5, 5.41) is 0. The van der Waals surface area contributed by atoms with E-state index in [4.69, 9.17) is 0 Å². The number of hydrogen-bond donors (Lipinski definition) is 0. The second-order valence-corrected chi connectivity index (χ2v) is 12.7. The molecule has 0 atom stereocenters. The molecule has 0 aromatic heterocycles. The first kappa shape index (κ1) is 29.6. The molecule has 0 heterocycles. The van der Waals surface area contributed by atoms with Crippen molar-refractivity contribution in [1.29, 1.82) is 0 Å². The second-order valence-electron chi connectivity index (χ2n) is 12.7. The first-order valence-electron chi connectivity index (χ1n) is 15.5.